The van der Waals surface area contributed by atoms with Gasteiger partial charge < -0.3 is 10.5 Å². The van der Waals surface area contributed by atoms with Crippen molar-refractivity contribution < 1.29 is 4.74 Å². The molecule has 15 heavy (non-hydrogen) atoms. The highest BCUT2D eigenvalue weighted by molar-refractivity contribution is 7.11. The average Bonchev–Trinajstić information content (AvgIpc) is 2.59. The summed E-state index contributed by atoms with van der Waals surface area (Å²) >= 11 is 1.48. The Morgan fingerprint density at radius 1 is 1.33 bits per heavy atom. The maximum absolute atomic E-state index is 5.78. The summed E-state index contributed by atoms with van der Waals surface area (Å²) in [6.45, 7) is 3.88. The van der Waals surface area contributed by atoms with Gasteiger partial charge in [0.05, 0.1) is 5.69 Å². The SMILES string of the molecule is Cc1csc(Oc2cccc(N)c2C)n1. The predicted octanol–water partition coefficient (Wildman–Crippen LogP) is 3.13. The summed E-state index contributed by atoms with van der Waals surface area (Å²) in [5.74, 6) is 0.768. The maximum atomic E-state index is 5.78. The van der Waals surface area contributed by atoms with Gasteiger partial charge in [-0.15, -0.1) is 0 Å². The lowest BCUT2D eigenvalue weighted by molar-refractivity contribution is 0.474. The van der Waals surface area contributed by atoms with Crippen LogP contribution in [0.2, 0.25) is 0 Å². The van der Waals surface area contributed by atoms with E-state index in [0.29, 0.717) is 5.19 Å². The van der Waals surface area contributed by atoms with Gasteiger partial charge in [0.15, 0.2) is 0 Å². The Bertz CT molecular complexity index is 479. The Labute approximate surface area is 92.5 Å². The second-order valence-electron chi connectivity index (χ2n) is 3.33. The van der Waals surface area contributed by atoms with Crippen LogP contribution in [0.4, 0.5) is 5.69 Å². The topological polar surface area (TPSA) is 48.1 Å². The van der Waals surface area contributed by atoms with E-state index in [4.69, 9.17) is 10.5 Å². The Balaban J connectivity index is 2.28. The molecule has 0 bridgehead atoms. The molecule has 0 aliphatic carbocycles. The van der Waals surface area contributed by atoms with Crippen molar-refractivity contribution in [2.24, 2.45) is 0 Å². The largest absolute Gasteiger partial charge is 0.431 e. The molecule has 1 aromatic heterocycles. The molecule has 2 N–H and O–H groups in total. The van der Waals surface area contributed by atoms with Crippen LogP contribution in [0.3, 0.4) is 0 Å². The predicted molar refractivity (Wildman–Crippen MR) is 62.5 cm³/mol. The van der Waals surface area contributed by atoms with E-state index < -0.39 is 0 Å². The molecule has 0 aliphatic rings. The van der Waals surface area contributed by atoms with E-state index in [9.17, 15) is 0 Å². The van der Waals surface area contributed by atoms with E-state index in [0.717, 1.165) is 22.7 Å². The highest BCUT2D eigenvalue weighted by atomic mass is 32.1. The fraction of sp³-hybridized carbons (Fsp3) is 0.182. The summed E-state index contributed by atoms with van der Waals surface area (Å²) in [6, 6.07) is 5.62. The van der Waals surface area contributed by atoms with Crippen LogP contribution in [0.5, 0.6) is 10.9 Å². The molecule has 1 heterocycles. The number of rotatable bonds is 2. The average molecular weight is 220 g/mol. The molecule has 0 spiro atoms. The van der Waals surface area contributed by atoms with Crippen LogP contribution in [-0.2, 0) is 0 Å². The Kier molecular flexibility index (Phi) is 2.60. The third-order valence-electron chi connectivity index (χ3n) is 2.12. The lowest BCUT2D eigenvalue weighted by Gasteiger charge is -2.07. The maximum Gasteiger partial charge on any atom is 0.278 e. The zero-order chi connectivity index (χ0) is 10.8. The van der Waals surface area contributed by atoms with E-state index >= 15 is 0 Å². The van der Waals surface area contributed by atoms with Gasteiger partial charge in [-0.05, 0) is 26.0 Å². The summed E-state index contributed by atoms with van der Waals surface area (Å²) < 4.78 is 5.64. The first-order valence-electron chi connectivity index (χ1n) is 4.62. The van der Waals surface area contributed by atoms with Gasteiger partial charge in [0.25, 0.3) is 5.19 Å². The number of benzene rings is 1. The van der Waals surface area contributed by atoms with E-state index in [1.807, 2.05) is 37.4 Å². The van der Waals surface area contributed by atoms with Gasteiger partial charge >= 0.3 is 0 Å². The molecule has 2 aromatic rings. The zero-order valence-corrected chi connectivity index (χ0v) is 9.47. The normalized spacial score (nSPS) is 10.3. The van der Waals surface area contributed by atoms with Crippen LogP contribution >= 0.6 is 11.3 Å². The summed E-state index contributed by atoms with van der Waals surface area (Å²) in [6.07, 6.45) is 0. The standard InChI is InChI=1S/C11H12N2OS/c1-7-6-15-11(13-7)14-10-5-3-4-9(12)8(10)2/h3-6H,12H2,1-2H3. The number of hydrogen-bond acceptors (Lipinski definition) is 4. The van der Waals surface area contributed by atoms with Crippen molar-refractivity contribution in [3.63, 3.8) is 0 Å². The lowest BCUT2D eigenvalue weighted by atomic mass is 10.2. The lowest BCUT2D eigenvalue weighted by Crippen LogP contribution is -1.92. The molecule has 0 fully saturated rings. The molecule has 0 radical (unpaired) electrons. The first-order chi connectivity index (χ1) is 7.16. The van der Waals surface area contributed by atoms with Crippen molar-refractivity contribution in [2.45, 2.75) is 13.8 Å². The second-order valence-corrected chi connectivity index (χ2v) is 4.15. The Morgan fingerprint density at radius 3 is 2.80 bits per heavy atom. The van der Waals surface area contributed by atoms with Crippen LogP contribution in [0.25, 0.3) is 0 Å². The first kappa shape index (κ1) is 9.98. The molecular weight excluding hydrogens is 208 g/mol. The summed E-state index contributed by atoms with van der Waals surface area (Å²) in [4.78, 5) is 4.23. The van der Waals surface area contributed by atoms with Gasteiger partial charge in [0, 0.05) is 16.6 Å². The van der Waals surface area contributed by atoms with Gasteiger partial charge in [-0.25, -0.2) is 4.98 Å². The molecule has 78 valence electrons. The van der Waals surface area contributed by atoms with Crippen molar-refractivity contribution in [1.82, 2.24) is 4.98 Å². The minimum absolute atomic E-state index is 0.654. The van der Waals surface area contributed by atoms with Crippen LogP contribution in [-0.4, -0.2) is 4.98 Å². The molecule has 2 rings (SSSR count). The molecule has 4 heteroatoms. The van der Waals surface area contributed by atoms with Crippen molar-refractivity contribution >= 4 is 17.0 Å². The number of anilines is 1. The van der Waals surface area contributed by atoms with Gasteiger partial charge in [0.1, 0.15) is 5.75 Å². The quantitative estimate of drug-likeness (QED) is 0.791. The summed E-state index contributed by atoms with van der Waals surface area (Å²) in [5.41, 5.74) is 8.44. The third kappa shape index (κ3) is 2.10. The molecule has 0 aliphatic heterocycles. The fourth-order valence-electron chi connectivity index (χ4n) is 1.22. The number of aryl methyl sites for hydroxylation is 1. The van der Waals surface area contributed by atoms with Gasteiger partial charge in [-0.2, -0.15) is 0 Å². The Hall–Kier alpha value is -1.55. The van der Waals surface area contributed by atoms with Crippen molar-refractivity contribution in [3.8, 4) is 10.9 Å². The number of thiazole rings is 1. The van der Waals surface area contributed by atoms with E-state index in [-0.39, 0.29) is 0 Å². The second kappa shape index (κ2) is 3.90. The molecule has 0 atom stereocenters. The smallest absolute Gasteiger partial charge is 0.278 e. The molecule has 0 unspecified atom stereocenters. The van der Waals surface area contributed by atoms with Gasteiger partial charge in [0.2, 0.25) is 0 Å². The number of nitrogens with two attached hydrogens (primary N) is 1. The highest BCUT2D eigenvalue weighted by Gasteiger charge is 2.05. The number of ether oxygens (including phenoxy) is 1. The zero-order valence-electron chi connectivity index (χ0n) is 8.65. The molecule has 0 amide bonds. The van der Waals surface area contributed by atoms with Crippen LogP contribution in [0, 0.1) is 13.8 Å². The first-order valence-corrected chi connectivity index (χ1v) is 5.50. The number of nitrogen functional groups attached to an aromatic ring is 1. The summed E-state index contributed by atoms with van der Waals surface area (Å²) in [5, 5.41) is 2.61. The number of nitrogens with zero attached hydrogens (tertiary/aromatic N) is 1. The number of aromatic nitrogens is 1. The van der Waals surface area contributed by atoms with Crippen molar-refractivity contribution in [1.29, 1.82) is 0 Å². The van der Waals surface area contributed by atoms with E-state index in [2.05, 4.69) is 4.98 Å². The van der Waals surface area contributed by atoms with Gasteiger partial charge in [-0.1, -0.05) is 17.4 Å². The van der Waals surface area contributed by atoms with E-state index in [1.165, 1.54) is 11.3 Å². The Morgan fingerprint density at radius 2 is 2.13 bits per heavy atom. The molecular formula is C11H12N2OS. The monoisotopic (exact) mass is 220 g/mol. The van der Waals surface area contributed by atoms with Crippen molar-refractivity contribution in [2.75, 3.05) is 5.73 Å². The van der Waals surface area contributed by atoms with Crippen LogP contribution in [0.15, 0.2) is 23.6 Å². The highest BCUT2D eigenvalue weighted by Crippen LogP contribution is 2.29. The molecule has 1 aromatic carbocycles. The third-order valence-corrected chi connectivity index (χ3v) is 2.96. The van der Waals surface area contributed by atoms with Gasteiger partial charge in [-0.3, -0.25) is 0 Å². The minimum Gasteiger partial charge on any atom is -0.431 e. The minimum atomic E-state index is 0.654. The van der Waals surface area contributed by atoms with E-state index in [1.54, 1.807) is 0 Å². The number of hydrogen-bond donors (Lipinski definition) is 1. The molecule has 0 saturated heterocycles. The molecule has 0 saturated carbocycles. The van der Waals surface area contributed by atoms with Crippen molar-refractivity contribution in [3.05, 3.63) is 34.8 Å². The summed E-state index contributed by atoms with van der Waals surface area (Å²) in [7, 11) is 0. The fourth-order valence-corrected chi connectivity index (χ4v) is 1.87. The van der Waals surface area contributed by atoms with Crippen LogP contribution < -0.4 is 10.5 Å². The van der Waals surface area contributed by atoms with Crippen LogP contribution in [0.1, 0.15) is 11.3 Å². The molecule has 3 nitrogen and oxygen atoms in total.